The molecule has 1 amide bonds. The molecule has 0 saturated carbocycles. The van der Waals surface area contributed by atoms with Gasteiger partial charge in [-0.05, 0) is 6.07 Å². The molecule has 1 atom stereocenters. The van der Waals surface area contributed by atoms with E-state index in [1.807, 2.05) is 67.3 Å². The molecule has 2 aromatic carbocycles. The van der Waals surface area contributed by atoms with Crippen LogP contribution in [0.15, 0.2) is 64.6 Å². The highest BCUT2D eigenvalue weighted by Gasteiger charge is 2.27. The van der Waals surface area contributed by atoms with Crippen LogP contribution in [0.3, 0.4) is 0 Å². The number of hydrogen-bond acceptors (Lipinski definition) is 10. The zero-order valence-corrected chi connectivity index (χ0v) is 21.4. The monoisotopic (exact) mass is 520 g/mol. The molecule has 1 saturated heterocycles. The van der Waals surface area contributed by atoms with Crippen LogP contribution in [-0.4, -0.2) is 64.8 Å². The summed E-state index contributed by atoms with van der Waals surface area (Å²) in [6.07, 6.45) is -1.21. The number of nitrogens with zero attached hydrogens (tertiary/aromatic N) is 5. The smallest absolute Gasteiger partial charge is 0.291 e. The first kappa shape index (κ1) is 25.9. The van der Waals surface area contributed by atoms with Crippen LogP contribution in [0.5, 0.6) is 0 Å². The summed E-state index contributed by atoms with van der Waals surface area (Å²) in [4.78, 5) is 23.7. The second-order valence-corrected chi connectivity index (χ2v) is 8.22. The van der Waals surface area contributed by atoms with E-state index in [9.17, 15) is 4.79 Å². The number of benzodiazepines with no additional fused rings is 1. The van der Waals surface area contributed by atoms with E-state index in [0.29, 0.717) is 43.5 Å². The van der Waals surface area contributed by atoms with Gasteiger partial charge in [0.05, 0.1) is 36.3 Å². The SMILES string of the molecule is CC.N=C(O/C(N)=N/C1N=C(c2ccccc2)c2ccccc2NC1=O)c1nsnc1N1CCOCC1. The van der Waals surface area contributed by atoms with Gasteiger partial charge in [-0.3, -0.25) is 10.2 Å². The number of nitrogens with two attached hydrogens (primary N) is 1. The minimum atomic E-state index is -1.21. The van der Waals surface area contributed by atoms with Crippen molar-refractivity contribution in [2.45, 2.75) is 20.0 Å². The molecular weight excluding hydrogens is 492 g/mol. The lowest BCUT2D eigenvalue weighted by Gasteiger charge is -2.27. The lowest BCUT2D eigenvalue weighted by Crippen LogP contribution is -2.37. The summed E-state index contributed by atoms with van der Waals surface area (Å²) in [7, 11) is 0. The Balaban J connectivity index is 0.00000156. The van der Waals surface area contributed by atoms with Crippen molar-refractivity contribution in [1.82, 2.24) is 8.75 Å². The average molecular weight is 521 g/mol. The van der Waals surface area contributed by atoms with Crippen LogP contribution in [0, 0.1) is 5.41 Å². The van der Waals surface area contributed by atoms with Gasteiger partial charge >= 0.3 is 0 Å². The number of amides is 1. The summed E-state index contributed by atoms with van der Waals surface area (Å²) in [5.74, 6) is -0.250. The van der Waals surface area contributed by atoms with Gasteiger partial charge in [0, 0.05) is 24.2 Å². The minimum Gasteiger partial charge on any atom is -0.405 e. The van der Waals surface area contributed by atoms with Gasteiger partial charge in [0.1, 0.15) is 0 Å². The molecule has 3 heterocycles. The first-order chi connectivity index (χ1) is 18.1. The predicted octanol–water partition coefficient (Wildman–Crippen LogP) is 2.87. The number of aliphatic imine (C=N–C) groups is 2. The highest BCUT2D eigenvalue weighted by atomic mass is 32.1. The molecule has 37 heavy (non-hydrogen) atoms. The van der Waals surface area contributed by atoms with Gasteiger partial charge in [-0.2, -0.15) is 13.7 Å². The Morgan fingerprint density at radius 3 is 2.59 bits per heavy atom. The number of nitrogens with one attached hydrogen (secondary N) is 2. The van der Waals surface area contributed by atoms with Crippen molar-refractivity contribution < 1.29 is 14.3 Å². The van der Waals surface area contributed by atoms with Crippen LogP contribution in [0.2, 0.25) is 0 Å². The fourth-order valence-corrected chi connectivity index (χ4v) is 4.34. The molecule has 4 N–H and O–H groups in total. The number of ether oxygens (including phenoxy) is 2. The van der Waals surface area contributed by atoms with Crippen molar-refractivity contribution in [1.29, 1.82) is 5.41 Å². The van der Waals surface area contributed by atoms with E-state index >= 15 is 0 Å². The van der Waals surface area contributed by atoms with Crippen molar-refractivity contribution in [2.75, 3.05) is 36.5 Å². The standard InChI is InChI=1S/C23H22N8O3S.C2H6/c24-19(18-21(30-35-29-18)31-10-12-33-13-11-31)34-23(25)28-20-22(32)26-16-9-5-4-8-15(16)17(27-20)14-6-2-1-3-7-14;1-2/h1-9,20,24H,10-13H2,(H2,25,28)(H,26,32);1-2H3. The number of aromatic nitrogens is 2. The molecule has 0 radical (unpaired) electrons. The average Bonchev–Trinajstić information content (AvgIpc) is 3.39. The summed E-state index contributed by atoms with van der Waals surface area (Å²) < 4.78 is 19.3. The first-order valence-electron chi connectivity index (χ1n) is 11.9. The van der Waals surface area contributed by atoms with Crippen LogP contribution >= 0.6 is 11.7 Å². The van der Waals surface area contributed by atoms with Crippen molar-refractivity contribution in [3.05, 3.63) is 71.4 Å². The second kappa shape index (κ2) is 12.2. The molecule has 12 heteroatoms. The molecule has 0 aliphatic carbocycles. The number of carbonyl (C=O) groups excluding carboxylic acids is 1. The van der Waals surface area contributed by atoms with Crippen molar-refractivity contribution in [3.63, 3.8) is 0 Å². The van der Waals surface area contributed by atoms with Gasteiger partial charge in [0.25, 0.3) is 11.9 Å². The number of benzene rings is 2. The van der Waals surface area contributed by atoms with Gasteiger partial charge in [0.15, 0.2) is 11.5 Å². The molecule has 11 nitrogen and oxygen atoms in total. The fourth-order valence-electron chi connectivity index (χ4n) is 3.77. The number of para-hydroxylation sites is 1. The van der Waals surface area contributed by atoms with Gasteiger partial charge < -0.3 is 25.4 Å². The zero-order chi connectivity index (χ0) is 26.2. The fraction of sp³-hybridized carbons (Fsp3) is 0.280. The molecule has 3 aromatic rings. The van der Waals surface area contributed by atoms with Crippen LogP contribution in [-0.2, 0) is 14.3 Å². The van der Waals surface area contributed by atoms with E-state index in [2.05, 4.69) is 24.0 Å². The summed E-state index contributed by atoms with van der Waals surface area (Å²) >= 11 is 0.975. The Kier molecular flexibility index (Phi) is 8.54. The van der Waals surface area contributed by atoms with Crippen molar-refractivity contribution in [3.8, 4) is 0 Å². The number of carbonyl (C=O) groups is 1. The third-order valence-electron chi connectivity index (χ3n) is 5.43. The van der Waals surface area contributed by atoms with Crippen LogP contribution in [0.1, 0.15) is 30.7 Å². The largest absolute Gasteiger partial charge is 0.405 e. The van der Waals surface area contributed by atoms with Gasteiger partial charge in [0.2, 0.25) is 12.1 Å². The number of rotatable bonds is 4. The third kappa shape index (κ3) is 5.98. The van der Waals surface area contributed by atoms with Gasteiger partial charge in [-0.25, -0.2) is 4.99 Å². The highest BCUT2D eigenvalue weighted by Crippen LogP contribution is 2.25. The number of amidine groups is 1. The van der Waals surface area contributed by atoms with E-state index in [1.54, 1.807) is 6.07 Å². The summed E-state index contributed by atoms with van der Waals surface area (Å²) in [5.41, 5.74) is 9.06. The van der Waals surface area contributed by atoms with E-state index in [0.717, 1.165) is 22.9 Å². The van der Waals surface area contributed by atoms with Crippen LogP contribution < -0.4 is 16.0 Å². The molecule has 1 unspecified atom stereocenters. The van der Waals surface area contributed by atoms with Gasteiger partial charge in [-0.1, -0.05) is 62.4 Å². The molecule has 2 aliphatic heterocycles. The molecule has 2 aliphatic rings. The molecule has 0 spiro atoms. The summed E-state index contributed by atoms with van der Waals surface area (Å²) in [5, 5.41) is 11.2. The second-order valence-electron chi connectivity index (χ2n) is 7.69. The van der Waals surface area contributed by atoms with E-state index in [1.165, 1.54) is 0 Å². The Morgan fingerprint density at radius 2 is 1.84 bits per heavy atom. The minimum absolute atomic E-state index is 0.251. The maximum Gasteiger partial charge on any atom is 0.291 e. The zero-order valence-electron chi connectivity index (χ0n) is 20.5. The van der Waals surface area contributed by atoms with Crippen LogP contribution in [0.4, 0.5) is 11.5 Å². The van der Waals surface area contributed by atoms with Crippen molar-refractivity contribution >= 4 is 46.8 Å². The van der Waals surface area contributed by atoms with Crippen molar-refractivity contribution in [2.24, 2.45) is 15.7 Å². The van der Waals surface area contributed by atoms with E-state index < -0.39 is 12.1 Å². The lowest BCUT2D eigenvalue weighted by atomic mass is 10.0. The Bertz CT molecular complexity index is 1300. The number of morpholine rings is 1. The maximum absolute atomic E-state index is 12.9. The molecule has 5 rings (SSSR count). The predicted molar refractivity (Wildman–Crippen MR) is 145 cm³/mol. The Labute approximate surface area is 218 Å². The van der Waals surface area contributed by atoms with E-state index in [-0.39, 0.29) is 17.6 Å². The molecule has 0 bridgehead atoms. The number of hydrogen-bond donors (Lipinski definition) is 3. The number of anilines is 2. The molecule has 1 aromatic heterocycles. The molecular formula is C25H28N8O3S. The topological polar surface area (TPSA) is 151 Å². The molecule has 1 fully saturated rings. The first-order valence-corrected chi connectivity index (χ1v) is 12.6. The Hall–Kier alpha value is -4.16. The van der Waals surface area contributed by atoms with Crippen LogP contribution in [0.25, 0.3) is 0 Å². The lowest BCUT2D eigenvalue weighted by molar-refractivity contribution is -0.117. The summed E-state index contributed by atoms with van der Waals surface area (Å²) in [6.45, 7) is 6.40. The van der Waals surface area contributed by atoms with Gasteiger partial charge in [-0.15, -0.1) is 0 Å². The van der Waals surface area contributed by atoms with E-state index in [4.69, 9.17) is 20.6 Å². The Morgan fingerprint density at radius 1 is 1.14 bits per heavy atom. The quantitative estimate of drug-likeness (QED) is 0.353. The number of fused-ring (bicyclic) bond motifs is 1. The molecule has 192 valence electrons. The third-order valence-corrected chi connectivity index (χ3v) is 5.95. The normalized spacial score (nSPS) is 17.4. The summed E-state index contributed by atoms with van der Waals surface area (Å²) in [6, 6.07) is 16.5. The maximum atomic E-state index is 12.9. The highest BCUT2D eigenvalue weighted by molar-refractivity contribution is 6.99.